The molecule has 2 aliphatic carbocycles. The van der Waals surface area contributed by atoms with Gasteiger partial charge < -0.3 is 16.4 Å². The summed E-state index contributed by atoms with van der Waals surface area (Å²) in [7, 11) is 0. The van der Waals surface area contributed by atoms with Crippen LogP contribution in [0, 0.1) is 24.6 Å². The number of hydrogen-bond acceptors (Lipinski definition) is 5. The fourth-order valence-corrected chi connectivity index (χ4v) is 5.61. The van der Waals surface area contributed by atoms with Crippen molar-refractivity contribution in [1.29, 1.82) is 0 Å². The molecule has 31 heavy (non-hydrogen) atoms. The zero-order valence-corrected chi connectivity index (χ0v) is 17.3. The highest BCUT2D eigenvalue weighted by atomic mass is 19.3. The highest BCUT2D eigenvalue weighted by Crippen LogP contribution is 2.45. The van der Waals surface area contributed by atoms with E-state index in [2.05, 4.69) is 4.98 Å². The first-order valence-electron chi connectivity index (χ1n) is 10.8. The van der Waals surface area contributed by atoms with E-state index in [1.54, 1.807) is 11.8 Å². The number of aromatic nitrogens is 2. The Kier molecular flexibility index (Phi) is 4.45. The molecule has 10 heteroatoms. The molecule has 3 aliphatic rings. The SMILES string of the molecule is Cc1c(N2CC3CCCC(F)(F)C(N)C3C2)c(F)c(N)c2c(=O)[nH]c(=O)n(C3CC3)c12. The average Bonchev–Trinajstić information content (AvgIpc) is 3.46. The highest BCUT2D eigenvalue weighted by molar-refractivity contribution is 5.97. The van der Waals surface area contributed by atoms with Crippen molar-refractivity contribution in [1.82, 2.24) is 9.55 Å². The maximum Gasteiger partial charge on any atom is 0.329 e. The number of halogens is 3. The molecule has 3 fully saturated rings. The second-order valence-electron chi connectivity index (χ2n) is 9.29. The molecule has 5 N–H and O–H groups in total. The second-order valence-corrected chi connectivity index (χ2v) is 9.29. The predicted octanol–water partition coefficient (Wildman–Crippen LogP) is 2.25. The number of H-pyrrole nitrogens is 1. The van der Waals surface area contributed by atoms with Crippen molar-refractivity contribution in [2.24, 2.45) is 17.6 Å². The molecule has 1 aromatic heterocycles. The van der Waals surface area contributed by atoms with Gasteiger partial charge in [0.15, 0.2) is 5.82 Å². The van der Waals surface area contributed by atoms with Crippen LogP contribution in [0.15, 0.2) is 9.59 Å². The Bertz CT molecular complexity index is 1190. The standard InChI is InChI=1S/C21H26F3N5O2/c1-9-16-13(19(30)27-20(31)29(16)11-4-5-11)15(25)14(22)17(9)28-7-10-3-2-6-21(23,24)18(26)12(10)8-28/h10-12,18H,2-8,25-26H2,1H3,(H,27,30,31). The first-order chi connectivity index (χ1) is 14.6. The Balaban J connectivity index is 1.67. The molecule has 1 aliphatic heterocycles. The smallest absolute Gasteiger partial charge is 0.329 e. The van der Waals surface area contributed by atoms with Crippen molar-refractivity contribution >= 4 is 22.3 Å². The van der Waals surface area contributed by atoms with Gasteiger partial charge in [0.2, 0.25) is 0 Å². The number of fused-ring (bicyclic) bond motifs is 2. The topological polar surface area (TPSA) is 110 Å². The minimum Gasteiger partial charge on any atom is -0.396 e. The summed E-state index contributed by atoms with van der Waals surface area (Å²) in [5.41, 5.74) is 11.3. The molecule has 2 heterocycles. The Labute approximate surface area is 176 Å². The van der Waals surface area contributed by atoms with Gasteiger partial charge in [0.25, 0.3) is 11.5 Å². The van der Waals surface area contributed by atoms with Crippen LogP contribution < -0.4 is 27.6 Å². The maximum absolute atomic E-state index is 15.5. The van der Waals surface area contributed by atoms with Crippen molar-refractivity contribution in [2.75, 3.05) is 23.7 Å². The van der Waals surface area contributed by atoms with Gasteiger partial charge >= 0.3 is 5.69 Å². The Morgan fingerprint density at radius 2 is 1.87 bits per heavy atom. The third-order valence-electron chi connectivity index (χ3n) is 7.32. The van der Waals surface area contributed by atoms with E-state index < -0.39 is 34.9 Å². The molecule has 0 amide bonds. The zero-order chi connectivity index (χ0) is 22.2. The second kappa shape index (κ2) is 6.75. The number of aryl methyl sites for hydroxylation is 1. The first-order valence-corrected chi connectivity index (χ1v) is 10.8. The number of benzene rings is 1. The molecule has 3 unspecified atom stereocenters. The van der Waals surface area contributed by atoms with Crippen LogP contribution in [0.2, 0.25) is 0 Å². The minimum atomic E-state index is -2.95. The van der Waals surface area contributed by atoms with Crippen molar-refractivity contribution in [3.63, 3.8) is 0 Å². The fraction of sp³-hybridized carbons (Fsp3) is 0.619. The van der Waals surface area contributed by atoms with Crippen LogP contribution in [0.3, 0.4) is 0 Å². The molecule has 2 aromatic rings. The summed E-state index contributed by atoms with van der Waals surface area (Å²) in [4.78, 5) is 29.0. The first kappa shape index (κ1) is 20.4. The van der Waals surface area contributed by atoms with Crippen molar-refractivity contribution < 1.29 is 13.2 Å². The Morgan fingerprint density at radius 3 is 2.55 bits per heavy atom. The van der Waals surface area contributed by atoms with Crippen LogP contribution in [0.25, 0.3) is 10.9 Å². The van der Waals surface area contributed by atoms with Crippen molar-refractivity contribution in [2.45, 2.75) is 57.0 Å². The van der Waals surface area contributed by atoms with E-state index >= 15 is 4.39 Å². The molecule has 1 aromatic carbocycles. The molecule has 0 radical (unpaired) electrons. The number of hydrogen-bond donors (Lipinski definition) is 3. The van der Waals surface area contributed by atoms with E-state index in [-0.39, 0.29) is 41.7 Å². The molecule has 0 bridgehead atoms. The third kappa shape index (κ3) is 2.98. The normalized spacial score (nSPS) is 28.0. The van der Waals surface area contributed by atoms with Crippen LogP contribution in [-0.4, -0.2) is 34.6 Å². The highest BCUT2D eigenvalue weighted by Gasteiger charge is 2.50. The summed E-state index contributed by atoms with van der Waals surface area (Å²) < 4.78 is 45.7. The van der Waals surface area contributed by atoms with Crippen molar-refractivity contribution in [3.8, 4) is 0 Å². The molecule has 1 saturated heterocycles. The number of nitrogens with one attached hydrogen (secondary N) is 1. The quantitative estimate of drug-likeness (QED) is 0.625. The zero-order valence-electron chi connectivity index (χ0n) is 17.3. The third-order valence-corrected chi connectivity index (χ3v) is 7.32. The van der Waals surface area contributed by atoms with Crippen LogP contribution in [0.4, 0.5) is 24.5 Å². The number of rotatable bonds is 2. The number of anilines is 2. The van der Waals surface area contributed by atoms with Crippen LogP contribution >= 0.6 is 0 Å². The van der Waals surface area contributed by atoms with E-state index in [0.29, 0.717) is 30.5 Å². The van der Waals surface area contributed by atoms with E-state index in [9.17, 15) is 18.4 Å². The minimum absolute atomic E-state index is 0.0399. The van der Waals surface area contributed by atoms with Gasteiger partial charge in [-0.25, -0.2) is 18.0 Å². The summed E-state index contributed by atoms with van der Waals surface area (Å²) in [5.74, 6) is -4.26. The van der Waals surface area contributed by atoms with E-state index in [0.717, 1.165) is 12.8 Å². The Hall–Kier alpha value is -2.49. The van der Waals surface area contributed by atoms with Crippen LogP contribution in [0.5, 0.6) is 0 Å². The monoisotopic (exact) mass is 437 g/mol. The summed E-state index contributed by atoms with van der Waals surface area (Å²) in [6, 6.07) is -1.36. The lowest BCUT2D eigenvalue weighted by atomic mass is 9.87. The molecule has 168 valence electrons. The molecule has 2 saturated carbocycles. The lowest BCUT2D eigenvalue weighted by Crippen LogP contribution is -2.47. The summed E-state index contributed by atoms with van der Waals surface area (Å²) in [6.07, 6.45) is 2.30. The van der Waals surface area contributed by atoms with Gasteiger partial charge in [-0.3, -0.25) is 14.3 Å². The maximum atomic E-state index is 15.5. The summed E-state index contributed by atoms with van der Waals surface area (Å²) in [5, 5.41) is -0.0399. The number of nitrogen functional groups attached to an aromatic ring is 1. The molecular weight excluding hydrogens is 411 g/mol. The summed E-state index contributed by atoms with van der Waals surface area (Å²) >= 11 is 0. The lowest BCUT2D eigenvalue weighted by Gasteiger charge is -2.29. The van der Waals surface area contributed by atoms with Crippen molar-refractivity contribution in [3.05, 3.63) is 32.2 Å². The van der Waals surface area contributed by atoms with Gasteiger partial charge in [0.1, 0.15) is 0 Å². The van der Waals surface area contributed by atoms with Crippen LogP contribution in [0.1, 0.15) is 43.7 Å². The predicted molar refractivity (Wildman–Crippen MR) is 112 cm³/mol. The number of alkyl halides is 2. The Morgan fingerprint density at radius 1 is 1.16 bits per heavy atom. The van der Waals surface area contributed by atoms with E-state index in [1.165, 1.54) is 4.57 Å². The molecule has 7 nitrogen and oxygen atoms in total. The van der Waals surface area contributed by atoms with Gasteiger partial charge in [0, 0.05) is 37.0 Å². The van der Waals surface area contributed by atoms with Gasteiger partial charge in [-0.15, -0.1) is 0 Å². The van der Waals surface area contributed by atoms with Crippen LogP contribution in [-0.2, 0) is 0 Å². The summed E-state index contributed by atoms with van der Waals surface area (Å²) in [6.45, 7) is 2.22. The number of nitrogens with two attached hydrogens (primary N) is 2. The van der Waals surface area contributed by atoms with Gasteiger partial charge in [-0.2, -0.15) is 0 Å². The van der Waals surface area contributed by atoms with Gasteiger partial charge in [0.05, 0.1) is 28.3 Å². The average molecular weight is 437 g/mol. The molecule has 5 rings (SSSR count). The molecule has 0 spiro atoms. The number of aromatic amines is 1. The van der Waals surface area contributed by atoms with Gasteiger partial charge in [-0.1, -0.05) is 0 Å². The number of nitrogens with zero attached hydrogens (tertiary/aromatic N) is 2. The van der Waals surface area contributed by atoms with Gasteiger partial charge in [-0.05, 0) is 38.5 Å². The lowest BCUT2D eigenvalue weighted by molar-refractivity contribution is -0.0439. The largest absolute Gasteiger partial charge is 0.396 e. The van der Waals surface area contributed by atoms with E-state index in [4.69, 9.17) is 11.5 Å². The van der Waals surface area contributed by atoms with E-state index in [1.807, 2.05) is 0 Å². The fourth-order valence-electron chi connectivity index (χ4n) is 5.61. The molecular formula is C21H26F3N5O2. The molecule has 3 atom stereocenters.